The number of anilines is 4. The van der Waals surface area contributed by atoms with Crippen molar-refractivity contribution in [1.29, 1.82) is 0 Å². The van der Waals surface area contributed by atoms with E-state index in [4.69, 9.17) is 4.74 Å². The van der Waals surface area contributed by atoms with Gasteiger partial charge in [0.2, 0.25) is 0 Å². The van der Waals surface area contributed by atoms with Crippen molar-refractivity contribution in [2.45, 2.75) is 51.7 Å². The Morgan fingerprint density at radius 2 is 0.933 bits per heavy atom. The van der Waals surface area contributed by atoms with E-state index in [1.165, 1.54) is 66.8 Å². The number of fused-ring (bicyclic) bond motifs is 3. The summed E-state index contributed by atoms with van der Waals surface area (Å²) in [4.78, 5) is 4.82. The van der Waals surface area contributed by atoms with Crippen LogP contribution in [-0.4, -0.2) is 6.73 Å². The zero-order valence-corrected chi connectivity index (χ0v) is 34.9. The summed E-state index contributed by atoms with van der Waals surface area (Å²) in [5, 5.41) is 0. The number of para-hydroxylation sites is 1. The molecule has 1 heterocycles. The number of hydrogen-bond donors (Lipinski definition) is 0. The van der Waals surface area contributed by atoms with Crippen LogP contribution in [-0.2, 0) is 28.7 Å². The van der Waals surface area contributed by atoms with Crippen molar-refractivity contribution in [2.75, 3.05) is 16.5 Å². The first kappa shape index (κ1) is 37.6. The fourth-order valence-electron chi connectivity index (χ4n) is 9.70. The minimum atomic E-state index is -0.235. The molecule has 0 radical (unpaired) electrons. The fourth-order valence-corrected chi connectivity index (χ4v) is 9.70. The van der Waals surface area contributed by atoms with Gasteiger partial charge in [-0.3, -0.25) is 0 Å². The first-order valence-corrected chi connectivity index (χ1v) is 21.2. The summed E-state index contributed by atoms with van der Waals surface area (Å²) in [6, 6.07) is 71.1. The van der Waals surface area contributed by atoms with E-state index in [1.807, 2.05) is 0 Å². The van der Waals surface area contributed by atoms with Gasteiger partial charge in [-0.15, -0.1) is 0 Å². The molecule has 0 atom stereocenters. The van der Waals surface area contributed by atoms with Crippen molar-refractivity contribution in [1.82, 2.24) is 0 Å². The van der Waals surface area contributed by atoms with E-state index in [9.17, 15) is 0 Å². The van der Waals surface area contributed by atoms with Gasteiger partial charge in [0.15, 0.2) is 0 Å². The summed E-state index contributed by atoms with van der Waals surface area (Å²) >= 11 is 0. The first-order valence-electron chi connectivity index (χ1n) is 21.2. The Balaban J connectivity index is 1.22. The number of rotatable bonds is 7. The molecule has 2 aliphatic rings. The third kappa shape index (κ3) is 6.60. The zero-order chi connectivity index (χ0) is 40.8. The molecule has 0 spiro atoms. The zero-order valence-electron chi connectivity index (χ0n) is 34.9. The number of hydrogen-bond acceptors (Lipinski definition) is 3. The molecule has 0 fully saturated rings. The van der Waals surface area contributed by atoms with Gasteiger partial charge >= 0.3 is 0 Å². The van der Waals surface area contributed by atoms with Gasteiger partial charge in [-0.25, -0.2) is 0 Å². The van der Waals surface area contributed by atoms with E-state index in [0.717, 1.165) is 29.3 Å². The Labute approximate surface area is 355 Å². The smallest absolute Gasteiger partial charge is 0.119 e. The standard InChI is InChI=1S/C57H50N2O/c1-56(2)51-25-14-15-26-52(51)57(3,4)54-36-55(49(35-53(54)56)48-24-16-21-44-37-58(39-60-38-50(44)48)45-22-12-7-13-23-45)59(46-31-27-42(28-32-46)40-17-8-5-9-18-40)47-33-29-43(30-34-47)41-19-10-6-11-20-41/h5-36H,37-39H2,1-4H3. The average molecular weight is 779 g/mol. The maximum absolute atomic E-state index is 6.58. The first-order chi connectivity index (χ1) is 29.3. The molecule has 294 valence electrons. The van der Waals surface area contributed by atoms with Gasteiger partial charge in [-0.1, -0.05) is 173 Å². The Bertz CT molecular complexity index is 2710. The van der Waals surface area contributed by atoms with E-state index in [-0.39, 0.29) is 10.8 Å². The highest BCUT2D eigenvalue weighted by molar-refractivity contribution is 5.92. The van der Waals surface area contributed by atoms with E-state index in [2.05, 4.69) is 232 Å². The van der Waals surface area contributed by atoms with Crippen LogP contribution in [0.25, 0.3) is 33.4 Å². The van der Waals surface area contributed by atoms with Gasteiger partial charge in [0, 0.05) is 40.0 Å². The largest absolute Gasteiger partial charge is 0.356 e. The Hall–Kier alpha value is -6.68. The van der Waals surface area contributed by atoms with Crippen molar-refractivity contribution in [3.05, 3.63) is 228 Å². The third-order valence-electron chi connectivity index (χ3n) is 13.0. The maximum Gasteiger partial charge on any atom is 0.119 e. The summed E-state index contributed by atoms with van der Waals surface area (Å²) in [7, 11) is 0. The summed E-state index contributed by atoms with van der Waals surface area (Å²) in [6.45, 7) is 11.4. The monoisotopic (exact) mass is 778 g/mol. The van der Waals surface area contributed by atoms with Gasteiger partial charge in [-0.05, 0) is 110 Å². The lowest BCUT2D eigenvalue weighted by Crippen LogP contribution is -2.36. The summed E-state index contributed by atoms with van der Waals surface area (Å²) in [5.74, 6) is 0. The number of benzene rings is 8. The van der Waals surface area contributed by atoms with E-state index >= 15 is 0 Å². The highest BCUT2D eigenvalue weighted by atomic mass is 16.5. The quantitative estimate of drug-likeness (QED) is 0.160. The second-order valence-corrected chi connectivity index (χ2v) is 17.3. The molecular weight excluding hydrogens is 729 g/mol. The summed E-state index contributed by atoms with van der Waals surface area (Å²) in [6.07, 6.45) is 0. The molecule has 0 saturated heterocycles. The normalized spacial score (nSPS) is 15.0. The molecule has 0 saturated carbocycles. The van der Waals surface area contributed by atoms with Crippen LogP contribution in [0.5, 0.6) is 0 Å². The second kappa shape index (κ2) is 15.2. The van der Waals surface area contributed by atoms with Gasteiger partial charge in [-0.2, -0.15) is 0 Å². The minimum Gasteiger partial charge on any atom is -0.356 e. The topological polar surface area (TPSA) is 15.7 Å². The van der Waals surface area contributed by atoms with Crippen LogP contribution in [0.4, 0.5) is 22.7 Å². The molecule has 0 aromatic heterocycles. The van der Waals surface area contributed by atoms with Gasteiger partial charge in [0.05, 0.1) is 12.3 Å². The molecule has 1 aliphatic heterocycles. The van der Waals surface area contributed by atoms with Crippen molar-refractivity contribution >= 4 is 22.7 Å². The lowest BCUT2D eigenvalue weighted by Gasteiger charge is -2.45. The molecule has 0 amide bonds. The van der Waals surface area contributed by atoms with Crippen molar-refractivity contribution in [2.24, 2.45) is 0 Å². The van der Waals surface area contributed by atoms with E-state index in [1.54, 1.807) is 0 Å². The molecule has 60 heavy (non-hydrogen) atoms. The lowest BCUT2D eigenvalue weighted by molar-refractivity contribution is 0.126. The van der Waals surface area contributed by atoms with Crippen LogP contribution < -0.4 is 9.80 Å². The van der Waals surface area contributed by atoms with Crippen molar-refractivity contribution in [3.8, 4) is 33.4 Å². The average Bonchev–Trinajstić information content (AvgIpc) is 3.53. The van der Waals surface area contributed by atoms with Gasteiger partial charge in [0.25, 0.3) is 0 Å². The third-order valence-corrected chi connectivity index (χ3v) is 13.0. The highest BCUT2D eigenvalue weighted by Crippen LogP contribution is 2.54. The number of nitrogens with zero attached hydrogens (tertiary/aromatic N) is 2. The Morgan fingerprint density at radius 3 is 1.48 bits per heavy atom. The molecule has 0 unspecified atom stereocenters. The van der Waals surface area contributed by atoms with Crippen LogP contribution in [0.3, 0.4) is 0 Å². The second-order valence-electron chi connectivity index (χ2n) is 17.3. The van der Waals surface area contributed by atoms with Crippen LogP contribution in [0.1, 0.15) is 61.1 Å². The van der Waals surface area contributed by atoms with E-state index in [0.29, 0.717) is 13.3 Å². The molecule has 3 heteroatoms. The highest BCUT2D eigenvalue weighted by Gasteiger charge is 2.42. The summed E-state index contributed by atoms with van der Waals surface area (Å²) < 4.78 is 6.58. The molecular formula is C57H50N2O. The Kier molecular flexibility index (Phi) is 9.50. The number of ether oxygens (including phenoxy) is 1. The van der Waals surface area contributed by atoms with Crippen LogP contribution in [0.15, 0.2) is 194 Å². The minimum absolute atomic E-state index is 0.222. The molecule has 0 bridgehead atoms. The lowest BCUT2D eigenvalue weighted by atomic mass is 9.59. The maximum atomic E-state index is 6.58. The molecule has 3 nitrogen and oxygen atoms in total. The van der Waals surface area contributed by atoms with Crippen LogP contribution >= 0.6 is 0 Å². The van der Waals surface area contributed by atoms with Gasteiger partial charge < -0.3 is 14.5 Å². The van der Waals surface area contributed by atoms with Crippen LogP contribution in [0, 0.1) is 0 Å². The predicted octanol–water partition coefficient (Wildman–Crippen LogP) is 14.6. The molecule has 8 aromatic carbocycles. The Morgan fingerprint density at radius 1 is 0.450 bits per heavy atom. The SMILES string of the molecule is CC1(C)c2ccccc2C(C)(C)c2cc(N(c3ccc(-c4ccccc4)cc3)c3ccc(-c4ccccc4)cc3)c(-c3cccc4c3COCN(c3ccccc3)C4)cc21. The van der Waals surface area contributed by atoms with Crippen LogP contribution in [0.2, 0.25) is 0 Å². The van der Waals surface area contributed by atoms with Crippen molar-refractivity contribution in [3.63, 3.8) is 0 Å². The van der Waals surface area contributed by atoms with Crippen molar-refractivity contribution < 1.29 is 4.74 Å². The predicted molar refractivity (Wildman–Crippen MR) is 250 cm³/mol. The van der Waals surface area contributed by atoms with E-state index < -0.39 is 0 Å². The molecule has 10 rings (SSSR count). The van der Waals surface area contributed by atoms with Gasteiger partial charge in [0.1, 0.15) is 6.73 Å². The molecule has 0 N–H and O–H groups in total. The summed E-state index contributed by atoms with van der Waals surface area (Å²) in [5.41, 5.74) is 19.3. The molecule has 8 aromatic rings. The fraction of sp³-hybridized carbons (Fsp3) is 0.158. The molecule has 1 aliphatic carbocycles.